The smallest absolute Gasteiger partial charge is 0.195 e. The zero-order chi connectivity index (χ0) is 18.6. The Morgan fingerprint density at radius 1 is 0.923 bits per heavy atom. The van der Waals surface area contributed by atoms with E-state index in [2.05, 4.69) is 13.0 Å². The van der Waals surface area contributed by atoms with Crippen molar-refractivity contribution in [1.82, 2.24) is 0 Å². The van der Waals surface area contributed by atoms with Crippen LogP contribution in [-0.4, -0.2) is 0 Å². The Labute approximate surface area is 160 Å². The molecule has 2 fully saturated rings. The number of nitriles is 1. The second-order valence-corrected chi connectivity index (χ2v) is 8.67. The molecule has 0 aromatic carbocycles. The Morgan fingerprint density at radius 2 is 1.54 bits per heavy atom. The molecule has 2 heteroatoms. The molecule has 2 saturated carbocycles. The monoisotopic (exact) mass is 359 g/mol. The van der Waals surface area contributed by atoms with E-state index in [-0.39, 0.29) is 0 Å². The fourth-order valence-electron chi connectivity index (χ4n) is 5.13. The molecule has 0 radical (unpaired) electrons. The van der Waals surface area contributed by atoms with Gasteiger partial charge in [0.25, 0.3) is 0 Å². The summed E-state index contributed by atoms with van der Waals surface area (Å²) in [7, 11) is 0. The minimum absolute atomic E-state index is 0.577. The highest BCUT2D eigenvalue weighted by Gasteiger charge is 2.30. The molecule has 0 heterocycles. The number of nitrogens with zero attached hydrogens (tertiary/aromatic N) is 1. The van der Waals surface area contributed by atoms with Crippen molar-refractivity contribution in [3.63, 3.8) is 0 Å². The topological polar surface area (TPSA) is 23.8 Å². The molecule has 0 bridgehead atoms. The first-order chi connectivity index (χ1) is 12.7. The molecule has 0 amide bonds. The molecule has 0 saturated heterocycles. The van der Waals surface area contributed by atoms with E-state index in [4.69, 9.17) is 5.26 Å². The van der Waals surface area contributed by atoms with Crippen molar-refractivity contribution in [2.75, 3.05) is 0 Å². The lowest BCUT2D eigenvalue weighted by molar-refractivity contribution is 0.151. The minimum atomic E-state index is -0.697. The van der Waals surface area contributed by atoms with Crippen LogP contribution in [0.1, 0.15) is 96.8 Å². The van der Waals surface area contributed by atoms with E-state index in [1.165, 1.54) is 102 Å². The maximum absolute atomic E-state index is 12.8. The number of unbranched alkanes of at least 4 members (excludes halogenated alkanes) is 4. The molecule has 0 atom stereocenters. The van der Waals surface area contributed by atoms with Crippen molar-refractivity contribution < 1.29 is 4.39 Å². The van der Waals surface area contributed by atoms with Gasteiger partial charge in [-0.1, -0.05) is 70.4 Å². The molecule has 0 spiro atoms. The first-order valence-corrected chi connectivity index (χ1v) is 11.2. The van der Waals surface area contributed by atoms with Crippen LogP contribution in [0.4, 0.5) is 4.39 Å². The summed E-state index contributed by atoms with van der Waals surface area (Å²) >= 11 is 0. The maximum atomic E-state index is 12.8. The molecule has 2 aliphatic carbocycles. The molecule has 26 heavy (non-hydrogen) atoms. The summed E-state index contributed by atoms with van der Waals surface area (Å²) in [6, 6.07) is 1.52. The van der Waals surface area contributed by atoms with Crippen LogP contribution in [0.25, 0.3) is 0 Å². The molecule has 2 aliphatic rings. The number of halogens is 1. The highest BCUT2D eigenvalue weighted by atomic mass is 19.1. The van der Waals surface area contributed by atoms with Gasteiger partial charge in [-0.3, -0.25) is 0 Å². The molecule has 2 rings (SSSR count). The van der Waals surface area contributed by atoms with Gasteiger partial charge in [-0.15, -0.1) is 0 Å². The fraction of sp³-hybridized carbons (Fsp3) is 0.792. The van der Waals surface area contributed by atoms with Crippen LogP contribution >= 0.6 is 0 Å². The van der Waals surface area contributed by atoms with Gasteiger partial charge < -0.3 is 0 Å². The lowest BCUT2D eigenvalue weighted by atomic mass is 9.68. The predicted octanol–water partition coefficient (Wildman–Crippen LogP) is 7.89. The normalized spacial score (nSPS) is 30.4. The lowest BCUT2D eigenvalue weighted by Gasteiger charge is -2.37. The van der Waals surface area contributed by atoms with Crippen molar-refractivity contribution >= 4 is 0 Å². The first kappa shape index (κ1) is 21.2. The van der Waals surface area contributed by atoms with Gasteiger partial charge in [-0.05, 0) is 68.3 Å². The SMILES string of the molecule is CCCCCCC[C@H]1CC[C@H]([C@H]2CC[C@H](C=CC=C(F)C#N)CC2)CC1. The highest BCUT2D eigenvalue weighted by Crippen LogP contribution is 2.42. The second kappa shape index (κ2) is 12.3. The van der Waals surface area contributed by atoms with E-state index < -0.39 is 5.83 Å². The van der Waals surface area contributed by atoms with Crippen LogP contribution in [0.3, 0.4) is 0 Å². The number of allylic oxidation sites excluding steroid dienone is 4. The summed E-state index contributed by atoms with van der Waals surface area (Å²) in [4.78, 5) is 0. The predicted molar refractivity (Wildman–Crippen MR) is 108 cm³/mol. The Morgan fingerprint density at radius 3 is 2.15 bits per heavy atom. The molecule has 1 nitrogen and oxygen atoms in total. The number of hydrogen-bond donors (Lipinski definition) is 0. The third kappa shape index (κ3) is 7.65. The standard InChI is InChI=1S/C24H38FN/c1-2-3-4-5-6-8-20-11-15-22(16-12-20)23-17-13-21(14-18-23)9-7-10-24(25)19-26/h7,9-10,20-23H,2-6,8,11-18H2,1H3/t20-,21-,22-,23-. The van der Waals surface area contributed by atoms with Gasteiger partial charge in [0, 0.05) is 0 Å². The average Bonchev–Trinajstić information content (AvgIpc) is 2.69. The molecular formula is C24H38FN. The maximum Gasteiger partial charge on any atom is 0.199 e. The van der Waals surface area contributed by atoms with Gasteiger partial charge in [-0.25, -0.2) is 0 Å². The van der Waals surface area contributed by atoms with Gasteiger partial charge in [0.1, 0.15) is 6.07 Å². The third-order valence-electron chi connectivity index (χ3n) is 6.82. The average molecular weight is 360 g/mol. The van der Waals surface area contributed by atoms with Crippen molar-refractivity contribution in [2.45, 2.75) is 96.8 Å². The number of hydrogen-bond acceptors (Lipinski definition) is 1. The molecule has 0 aliphatic heterocycles. The van der Waals surface area contributed by atoms with Crippen molar-refractivity contribution in [3.05, 3.63) is 24.1 Å². The van der Waals surface area contributed by atoms with E-state index >= 15 is 0 Å². The fourth-order valence-corrected chi connectivity index (χ4v) is 5.13. The van der Waals surface area contributed by atoms with E-state index in [9.17, 15) is 4.39 Å². The minimum Gasteiger partial charge on any atom is -0.195 e. The van der Waals surface area contributed by atoms with E-state index in [1.54, 1.807) is 6.08 Å². The Kier molecular flexibility index (Phi) is 10.0. The summed E-state index contributed by atoms with van der Waals surface area (Å²) in [5.74, 6) is 2.78. The third-order valence-corrected chi connectivity index (χ3v) is 6.82. The molecule has 0 aromatic rings. The van der Waals surface area contributed by atoms with E-state index in [0.717, 1.165) is 17.8 Å². The number of rotatable bonds is 9. The summed E-state index contributed by atoms with van der Waals surface area (Å²) < 4.78 is 12.8. The van der Waals surface area contributed by atoms with Crippen LogP contribution in [0.5, 0.6) is 0 Å². The van der Waals surface area contributed by atoms with E-state index in [1.807, 2.05) is 0 Å². The largest absolute Gasteiger partial charge is 0.199 e. The molecule has 0 unspecified atom stereocenters. The quantitative estimate of drug-likeness (QED) is 0.233. The van der Waals surface area contributed by atoms with Gasteiger partial charge in [0.05, 0.1) is 0 Å². The van der Waals surface area contributed by atoms with Gasteiger partial charge in [-0.2, -0.15) is 9.65 Å². The van der Waals surface area contributed by atoms with Crippen LogP contribution in [0, 0.1) is 35.0 Å². The summed E-state index contributed by atoms with van der Waals surface area (Å²) in [5, 5.41) is 8.42. The van der Waals surface area contributed by atoms with Crippen molar-refractivity contribution in [3.8, 4) is 6.07 Å². The van der Waals surface area contributed by atoms with E-state index in [0.29, 0.717) is 5.92 Å². The Balaban J connectivity index is 1.60. The van der Waals surface area contributed by atoms with Crippen molar-refractivity contribution in [1.29, 1.82) is 5.26 Å². The summed E-state index contributed by atoms with van der Waals surface area (Å²) in [6.07, 6.45) is 24.7. The molecule has 146 valence electrons. The molecular weight excluding hydrogens is 321 g/mol. The zero-order valence-corrected chi connectivity index (χ0v) is 16.8. The second-order valence-electron chi connectivity index (χ2n) is 8.67. The lowest BCUT2D eigenvalue weighted by Crippen LogP contribution is -2.25. The zero-order valence-electron chi connectivity index (χ0n) is 16.8. The van der Waals surface area contributed by atoms with Crippen LogP contribution in [0.15, 0.2) is 24.1 Å². The van der Waals surface area contributed by atoms with Gasteiger partial charge >= 0.3 is 0 Å². The van der Waals surface area contributed by atoms with Crippen LogP contribution < -0.4 is 0 Å². The summed E-state index contributed by atoms with van der Waals surface area (Å²) in [5.41, 5.74) is 0. The van der Waals surface area contributed by atoms with Gasteiger partial charge in [0.2, 0.25) is 0 Å². The molecule has 0 N–H and O–H groups in total. The van der Waals surface area contributed by atoms with Crippen LogP contribution in [0.2, 0.25) is 0 Å². The summed E-state index contributed by atoms with van der Waals surface area (Å²) in [6.45, 7) is 2.29. The Bertz CT molecular complexity index is 471. The Hall–Kier alpha value is -1.10. The van der Waals surface area contributed by atoms with Crippen LogP contribution in [-0.2, 0) is 0 Å². The highest BCUT2D eigenvalue weighted by molar-refractivity contribution is 5.19. The molecule has 0 aromatic heterocycles. The van der Waals surface area contributed by atoms with Crippen molar-refractivity contribution in [2.24, 2.45) is 23.7 Å². The van der Waals surface area contributed by atoms with Gasteiger partial charge in [0.15, 0.2) is 5.83 Å². The first-order valence-electron chi connectivity index (χ1n) is 11.2.